The lowest BCUT2D eigenvalue weighted by Crippen LogP contribution is -2.38. The van der Waals surface area contributed by atoms with Crippen LogP contribution in [0.15, 0.2) is 24.4 Å². The highest BCUT2D eigenvalue weighted by molar-refractivity contribution is 7.17. The second-order valence-electron chi connectivity index (χ2n) is 4.85. The van der Waals surface area contributed by atoms with Crippen molar-refractivity contribution < 1.29 is 4.79 Å². The van der Waals surface area contributed by atoms with Crippen molar-refractivity contribution in [2.75, 3.05) is 18.8 Å². The third-order valence-electron chi connectivity index (χ3n) is 3.54. The molecular formula is C13H15ClN4OS. The number of carbonyl (C=O) groups excluding carboxylic acids is 1. The van der Waals surface area contributed by atoms with Gasteiger partial charge in [0.15, 0.2) is 0 Å². The molecule has 2 aromatic heterocycles. The van der Waals surface area contributed by atoms with Gasteiger partial charge in [0.25, 0.3) is 5.91 Å². The maximum Gasteiger partial charge on any atom is 0.263 e. The Kier molecular flexibility index (Phi) is 3.67. The number of piperidine rings is 1. The number of nitrogens with two attached hydrogens (primary N) is 1. The highest BCUT2D eigenvalue weighted by atomic mass is 35.5. The zero-order chi connectivity index (χ0) is 14.1. The second-order valence-corrected chi connectivity index (χ2v) is 6.56. The number of amides is 1. The lowest BCUT2D eigenvalue weighted by Gasteiger charge is -2.31. The molecule has 5 nitrogen and oxygen atoms in total. The fourth-order valence-electron chi connectivity index (χ4n) is 2.47. The quantitative estimate of drug-likeness (QED) is 0.927. The van der Waals surface area contributed by atoms with E-state index in [0.717, 1.165) is 25.9 Å². The first kappa shape index (κ1) is 13.5. The number of hydrogen-bond acceptors (Lipinski definition) is 4. The van der Waals surface area contributed by atoms with Gasteiger partial charge < -0.3 is 10.6 Å². The molecule has 0 unspecified atom stereocenters. The molecule has 0 saturated carbocycles. The summed E-state index contributed by atoms with van der Waals surface area (Å²) in [4.78, 5) is 14.9. The van der Waals surface area contributed by atoms with Gasteiger partial charge in [-0.3, -0.25) is 9.48 Å². The highest BCUT2D eigenvalue weighted by Crippen LogP contribution is 2.26. The van der Waals surface area contributed by atoms with E-state index in [1.54, 1.807) is 18.2 Å². The Morgan fingerprint density at radius 3 is 2.65 bits per heavy atom. The van der Waals surface area contributed by atoms with Crippen LogP contribution in [0.1, 0.15) is 28.6 Å². The molecule has 1 saturated heterocycles. The monoisotopic (exact) mass is 310 g/mol. The zero-order valence-electron chi connectivity index (χ0n) is 10.8. The predicted octanol–water partition coefficient (Wildman–Crippen LogP) is 2.66. The molecule has 1 fully saturated rings. The molecule has 1 aliphatic rings. The first-order chi connectivity index (χ1) is 9.63. The largest absolute Gasteiger partial charge is 0.382 e. The van der Waals surface area contributed by atoms with E-state index in [2.05, 4.69) is 5.10 Å². The SMILES string of the molecule is Nc1ccn(C2CCN(C(=O)c3ccc(Cl)s3)CC2)n1. The van der Waals surface area contributed by atoms with E-state index < -0.39 is 0 Å². The summed E-state index contributed by atoms with van der Waals surface area (Å²) in [5.74, 6) is 0.608. The molecule has 2 N–H and O–H groups in total. The molecule has 3 rings (SSSR count). The van der Waals surface area contributed by atoms with Gasteiger partial charge in [-0.15, -0.1) is 11.3 Å². The van der Waals surface area contributed by atoms with Crippen LogP contribution in [0.4, 0.5) is 5.82 Å². The second kappa shape index (κ2) is 5.46. The Hall–Kier alpha value is -1.53. The third-order valence-corrected chi connectivity index (χ3v) is 4.76. The molecule has 0 radical (unpaired) electrons. The third kappa shape index (κ3) is 2.66. The van der Waals surface area contributed by atoms with Crippen LogP contribution in [-0.4, -0.2) is 33.7 Å². The Bertz CT molecular complexity index is 615. The molecule has 0 spiro atoms. The molecule has 20 heavy (non-hydrogen) atoms. The minimum Gasteiger partial charge on any atom is -0.382 e. The Morgan fingerprint density at radius 2 is 2.10 bits per heavy atom. The van der Waals surface area contributed by atoms with Crippen LogP contribution in [-0.2, 0) is 0 Å². The van der Waals surface area contributed by atoms with E-state index in [-0.39, 0.29) is 5.91 Å². The van der Waals surface area contributed by atoms with Crippen LogP contribution in [0.2, 0.25) is 4.34 Å². The molecule has 7 heteroatoms. The van der Waals surface area contributed by atoms with E-state index in [4.69, 9.17) is 17.3 Å². The topological polar surface area (TPSA) is 64.2 Å². The minimum absolute atomic E-state index is 0.0697. The van der Waals surface area contributed by atoms with Crippen molar-refractivity contribution in [3.05, 3.63) is 33.6 Å². The normalized spacial score (nSPS) is 16.6. The van der Waals surface area contributed by atoms with Crippen molar-refractivity contribution in [3.63, 3.8) is 0 Å². The fraction of sp³-hybridized carbons (Fsp3) is 0.385. The van der Waals surface area contributed by atoms with Crippen molar-refractivity contribution in [1.29, 1.82) is 0 Å². The van der Waals surface area contributed by atoms with Crippen molar-refractivity contribution in [3.8, 4) is 0 Å². The molecule has 3 heterocycles. The molecule has 2 aromatic rings. The number of hydrogen-bond donors (Lipinski definition) is 1. The number of halogens is 1. The first-order valence-electron chi connectivity index (χ1n) is 6.49. The van der Waals surface area contributed by atoms with Gasteiger partial charge in [0.05, 0.1) is 15.3 Å². The predicted molar refractivity (Wildman–Crippen MR) is 80.1 cm³/mol. The van der Waals surface area contributed by atoms with Gasteiger partial charge in [-0.25, -0.2) is 0 Å². The summed E-state index contributed by atoms with van der Waals surface area (Å²) >= 11 is 7.20. The Labute approximate surface area is 125 Å². The number of likely N-dealkylation sites (tertiary alicyclic amines) is 1. The van der Waals surface area contributed by atoms with E-state index in [0.29, 0.717) is 21.1 Å². The number of carbonyl (C=O) groups is 1. The fourth-order valence-corrected chi connectivity index (χ4v) is 3.49. The molecule has 0 bridgehead atoms. The maximum absolute atomic E-state index is 12.3. The smallest absolute Gasteiger partial charge is 0.263 e. The Balaban J connectivity index is 1.62. The van der Waals surface area contributed by atoms with Gasteiger partial charge in [0, 0.05) is 19.3 Å². The standard InChI is InChI=1S/C13H15ClN4OS/c14-11-2-1-10(20-11)13(19)17-6-3-9(4-7-17)18-8-5-12(15)16-18/h1-2,5,8-9H,3-4,6-7H2,(H2,15,16). The maximum atomic E-state index is 12.3. The molecule has 0 aliphatic carbocycles. The van der Waals surface area contributed by atoms with Crippen molar-refractivity contribution in [2.45, 2.75) is 18.9 Å². The van der Waals surface area contributed by atoms with E-state index in [1.165, 1.54) is 11.3 Å². The number of aromatic nitrogens is 2. The number of thiophene rings is 1. The average molecular weight is 311 g/mol. The minimum atomic E-state index is 0.0697. The molecule has 1 aliphatic heterocycles. The van der Waals surface area contributed by atoms with Crippen LogP contribution in [0.5, 0.6) is 0 Å². The molecule has 0 atom stereocenters. The Morgan fingerprint density at radius 1 is 1.35 bits per heavy atom. The van der Waals surface area contributed by atoms with Crippen molar-refractivity contribution in [2.24, 2.45) is 0 Å². The van der Waals surface area contributed by atoms with Crippen LogP contribution in [0.3, 0.4) is 0 Å². The van der Waals surface area contributed by atoms with Gasteiger partial charge in [-0.1, -0.05) is 11.6 Å². The van der Waals surface area contributed by atoms with Gasteiger partial charge in [-0.2, -0.15) is 5.10 Å². The van der Waals surface area contributed by atoms with Crippen LogP contribution in [0.25, 0.3) is 0 Å². The number of anilines is 1. The molecule has 1 amide bonds. The van der Waals surface area contributed by atoms with Crippen LogP contribution >= 0.6 is 22.9 Å². The lowest BCUT2D eigenvalue weighted by molar-refractivity contribution is 0.0695. The summed E-state index contributed by atoms with van der Waals surface area (Å²) in [7, 11) is 0. The number of rotatable bonds is 2. The van der Waals surface area contributed by atoms with Gasteiger partial charge in [-0.05, 0) is 31.0 Å². The van der Waals surface area contributed by atoms with Gasteiger partial charge >= 0.3 is 0 Å². The summed E-state index contributed by atoms with van der Waals surface area (Å²) in [6, 6.07) is 5.67. The van der Waals surface area contributed by atoms with Crippen LogP contribution in [0, 0.1) is 0 Å². The van der Waals surface area contributed by atoms with Gasteiger partial charge in [0.1, 0.15) is 5.82 Å². The first-order valence-corrected chi connectivity index (χ1v) is 7.68. The summed E-state index contributed by atoms with van der Waals surface area (Å²) in [5.41, 5.74) is 5.63. The number of nitrogen functional groups attached to an aromatic ring is 1. The molecule has 106 valence electrons. The van der Waals surface area contributed by atoms with E-state index in [1.807, 2.05) is 15.8 Å². The lowest BCUT2D eigenvalue weighted by atomic mass is 10.1. The summed E-state index contributed by atoms with van der Waals surface area (Å²) in [6.07, 6.45) is 3.69. The van der Waals surface area contributed by atoms with E-state index in [9.17, 15) is 4.79 Å². The summed E-state index contributed by atoms with van der Waals surface area (Å²) in [5, 5.41) is 4.24. The van der Waals surface area contributed by atoms with Crippen molar-refractivity contribution >= 4 is 34.7 Å². The molecular weight excluding hydrogens is 296 g/mol. The van der Waals surface area contributed by atoms with Crippen molar-refractivity contribution in [1.82, 2.24) is 14.7 Å². The average Bonchev–Trinajstić information content (AvgIpc) is 3.07. The zero-order valence-corrected chi connectivity index (χ0v) is 12.4. The summed E-state index contributed by atoms with van der Waals surface area (Å²) in [6.45, 7) is 1.47. The highest BCUT2D eigenvalue weighted by Gasteiger charge is 2.25. The van der Waals surface area contributed by atoms with Gasteiger partial charge in [0.2, 0.25) is 0 Å². The van der Waals surface area contributed by atoms with Crippen LogP contribution < -0.4 is 5.73 Å². The molecule has 0 aromatic carbocycles. The number of nitrogens with zero attached hydrogens (tertiary/aromatic N) is 3. The summed E-state index contributed by atoms with van der Waals surface area (Å²) < 4.78 is 2.55. The van der Waals surface area contributed by atoms with E-state index >= 15 is 0 Å².